The molecule has 1 aromatic carbocycles. The topological polar surface area (TPSA) is 46.2 Å². The number of rotatable bonds is 5. The normalized spacial score (nSPS) is 11.6. The highest BCUT2D eigenvalue weighted by Gasteiger charge is 2.05. The maximum absolute atomic E-state index is 11.2. The minimum absolute atomic E-state index is 0.121. The van der Waals surface area contributed by atoms with Gasteiger partial charge in [-0.25, -0.2) is 13.1 Å². The van der Waals surface area contributed by atoms with Gasteiger partial charge in [-0.1, -0.05) is 12.1 Å². The van der Waals surface area contributed by atoms with Crippen LogP contribution in [0.4, 0.5) is 0 Å². The summed E-state index contributed by atoms with van der Waals surface area (Å²) in [4.78, 5) is 1.18. The molecule has 0 spiro atoms. The Morgan fingerprint density at radius 1 is 1.27 bits per heavy atom. The second-order valence-electron chi connectivity index (χ2n) is 3.07. The van der Waals surface area contributed by atoms with Crippen LogP contribution in [0.1, 0.15) is 12.5 Å². The van der Waals surface area contributed by atoms with E-state index in [1.807, 2.05) is 30.5 Å². The van der Waals surface area contributed by atoms with Crippen molar-refractivity contribution in [1.82, 2.24) is 4.72 Å². The van der Waals surface area contributed by atoms with Crippen molar-refractivity contribution in [2.24, 2.45) is 0 Å². The van der Waals surface area contributed by atoms with Crippen molar-refractivity contribution in [2.45, 2.75) is 18.4 Å². The molecule has 0 saturated carbocycles. The average Bonchev–Trinajstić information content (AvgIpc) is 2.27. The van der Waals surface area contributed by atoms with Gasteiger partial charge >= 0.3 is 0 Å². The van der Waals surface area contributed by atoms with E-state index >= 15 is 0 Å². The molecule has 1 N–H and O–H groups in total. The van der Waals surface area contributed by atoms with Gasteiger partial charge in [-0.15, -0.1) is 11.8 Å². The quantitative estimate of drug-likeness (QED) is 0.805. The van der Waals surface area contributed by atoms with Gasteiger partial charge in [-0.3, -0.25) is 0 Å². The molecule has 0 aliphatic rings. The van der Waals surface area contributed by atoms with Crippen LogP contribution in [0, 0.1) is 0 Å². The maximum atomic E-state index is 11.2. The number of thioether (sulfide) groups is 1. The van der Waals surface area contributed by atoms with Crippen LogP contribution in [-0.4, -0.2) is 20.4 Å². The van der Waals surface area contributed by atoms with Crippen LogP contribution in [0.15, 0.2) is 29.2 Å². The Morgan fingerprint density at radius 2 is 1.87 bits per heavy atom. The molecule has 0 bridgehead atoms. The van der Waals surface area contributed by atoms with Crippen LogP contribution < -0.4 is 4.72 Å². The number of hydrogen-bond acceptors (Lipinski definition) is 3. The SMILES string of the molecule is CCS(=O)(=O)NCc1ccc(SC)cc1. The summed E-state index contributed by atoms with van der Waals surface area (Å²) in [5.41, 5.74) is 0.977. The van der Waals surface area contributed by atoms with Crippen LogP contribution in [0.25, 0.3) is 0 Å². The van der Waals surface area contributed by atoms with E-state index < -0.39 is 10.0 Å². The van der Waals surface area contributed by atoms with Crippen LogP contribution in [0.2, 0.25) is 0 Å². The van der Waals surface area contributed by atoms with E-state index in [4.69, 9.17) is 0 Å². The molecule has 0 amide bonds. The van der Waals surface area contributed by atoms with E-state index in [1.165, 1.54) is 4.90 Å². The van der Waals surface area contributed by atoms with Gasteiger partial charge in [-0.2, -0.15) is 0 Å². The highest BCUT2D eigenvalue weighted by Crippen LogP contribution is 2.14. The Hall–Kier alpha value is -0.520. The predicted octanol–water partition coefficient (Wildman–Crippen LogP) is 1.85. The Labute approximate surface area is 95.3 Å². The van der Waals surface area contributed by atoms with E-state index in [1.54, 1.807) is 18.7 Å². The summed E-state index contributed by atoms with van der Waals surface area (Å²) in [7, 11) is -3.09. The average molecular weight is 245 g/mol. The minimum Gasteiger partial charge on any atom is -0.212 e. The van der Waals surface area contributed by atoms with Crippen LogP contribution in [0.5, 0.6) is 0 Å². The van der Waals surface area contributed by atoms with Gasteiger partial charge in [0.1, 0.15) is 0 Å². The molecule has 0 atom stereocenters. The van der Waals surface area contributed by atoms with E-state index in [9.17, 15) is 8.42 Å². The molecule has 5 heteroatoms. The fourth-order valence-corrected chi connectivity index (χ4v) is 2.04. The zero-order valence-electron chi connectivity index (χ0n) is 8.86. The second kappa shape index (κ2) is 5.53. The largest absolute Gasteiger partial charge is 0.212 e. The van der Waals surface area contributed by atoms with Crippen molar-refractivity contribution in [2.75, 3.05) is 12.0 Å². The number of hydrogen-bond donors (Lipinski definition) is 1. The van der Waals surface area contributed by atoms with Crippen molar-refractivity contribution in [3.8, 4) is 0 Å². The molecule has 0 fully saturated rings. The lowest BCUT2D eigenvalue weighted by Gasteiger charge is -2.04. The first-order valence-electron chi connectivity index (χ1n) is 4.67. The van der Waals surface area contributed by atoms with Crippen LogP contribution in [0.3, 0.4) is 0 Å². The molecule has 0 aliphatic heterocycles. The summed E-state index contributed by atoms with van der Waals surface area (Å²) in [6, 6.07) is 7.84. The summed E-state index contributed by atoms with van der Waals surface area (Å²) >= 11 is 1.67. The number of sulfonamides is 1. The minimum atomic E-state index is -3.09. The Balaban J connectivity index is 2.59. The monoisotopic (exact) mass is 245 g/mol. The summed E-state index contributed by atoms with van der Waals surface area (Å²) in [6.45, 7) is 1.99. The van der Waals surface area contributed by atoms with E-state index in [-0.39, 0.29) is 5.75 Å². The Morgan fingerprint density at radius 3 is 2.33 bits per heavy atom. The zero-order valence-corrected chi connectivity index (χ0v) is 10.5. The standard InChI is InChI=1S/C10H15NO2S2/c1-3-15(12,13)11-8-9-4-6-10(14-2)7-5-9/h4-7,11H,3,8H2,1-2H3. The van der Waals surface area contributed by atoms with E-state index in [0.717, 1.165) is 5.56 Å². The zero-order chi connectivity index (χ0) is 11.3. The third-order valence-corrected chi connectivity index (χ3v) is 4.12. The lowest BCUT2D eigenvalue weighted by atomic mass is 10.2. The predicted molar refractivity (Wildman–Crippen MR) is 64.5 cm³/mol. The summed E-state index contributed by atoms with van der Waals surface area (Å²) in [5.74, 6) is 0.121. The lowest BCUT2D eigenvalue weighted by Crippen LogP contribution is -2.24. The van der Waals surface area contributed by atoms with E-state index in [2.05, 4.69) is 4.72 Å². The maximum Gasteiger partial charge on any atom is 0.211 e. The molecule has 0 unspecified atom stereocenters. The first kappa shape index (κ1) is 12.5. The molecule has 15 heavy (non-hydrogen) atoms. The molecule has 0 aromatic heterocycles. The molecular weight excluding hydrogens is 230 g/mol. The molecule has 0 heterocycles. The molecule has 3 nitrogen and oxygen atoms in total. The van der Waals surface area contributed by atoms with Crippen molar-refractivity contribution in [3.63, 3.8) is 0 Å². The fourth-order valence-electron chi connectivity index (χ4n) is 1.04. The van der Waals surface area contributed by atoms with Crippen LogP contribution in [-0.2, 0) is 16.6 Å². The van der Waals surface area contributed by atoms with Crippen molar-refractivity contribution >= 4 is 21.8 Å². The first-order valence-corrected chi connectivity index (χ1v) is 7.55. The summed E-state index contributed by atoms with van der Waals surface area (Å²) in [5, 5.41) is 0. The fraction of sp³-hybridized carbons (Fsp3) is 0.400. The molecule has 1 aromatic rings. The van der Waals surface area contributed by atoms with Gasteiger partial charge in [-0.05, 0) is 30.9 Å². The van der Waals surface area contributed by atoms with Gasteiger partial charge in [0.05, 0.1) is 5.75 Å². The number of nitrogens with one attached hydrogen (secondary N) is 1. The van der Waals surface area contributed by atoms with Gasteiger partial charge in [0.15, 0.2) is 0 Å². The summed E-state index contributed by atoms with van der Waals surface area (Å²) in [6.07, 6.45) is 2.01. The highest BCUT2D eigenvalue weighted by molar-refractivity contribution is 7.98. The van der Waals surface area contributed by atoms with E-state index in [0.29, 0.717) is 6.54 Å². The molecule has 0 radical (unpaired) electrons. The molecular formula is C10H15NO2S2. The molecule has 0 saturated heterocycles. The van der Waals surface area contributed by atoms with Crippen molar-refractivity contribution in [3.05, 3.63) is 29.8 Å². The Bertz CT molecular complexity index is 398. The molecule has 84 valence electrons. The first-order chi connectivity index (χ1) is 7.07. The van der Waals surface area contributed by atoms with Gasteiger partial charge in [0.25, 0.3) is 0 Å². The van der Waals surface area contributed by atoms with Gasteiger partial charge in [0, 0.05) is 11.4 Å². The van der Waals surface area contributed by atoms with Crippen LogP contribution >= 0.6 is 11.8 Å². The molecule has 1 rings (SSSR count). The lowest BCUT2D eigenvalue weighted by molar-refractivity contribution is 0.582. The Kier molecular flexibility index (Phi) is 4.63. The van der Waals surface area contributed by atoms with Crippen molar-refractivity contribution in [1.29, 1.82) is 0 Å². The second-order valence-corrected chi connectivity index (χ2v) is 6.05. The van der Waals surface area contributed by atoms with Crippen molar-refractivity contribution < 1.29 is 8.42 Å². The third kappa shape index (κ3) is 4.24. The number of benzene rings is 1. The van der Waals surface area contributed by atoms with Gasteiger partial charge < -0.3 is 0 Å². The smallest absolute Gasteiger partial charge is 0.211 e. The third-order valence-electron chi connectivity index (χ3n) is 2.04. The summed E-state index contributed by atoms with van der Waals surface area (Å²) < 4.78 is 24.9. The molecule has 0 aliphatic carbocycles. The van der Waals surface area contributed by atoms with Gasteiger partial charge in [0.2, 0.25) is 10.0 Å². The highest BCUT2D eigenvalue weighted by atomic mass is 32.2.